The van der Waals surface area contributed by atoms with Crippen LogP contribution in [0.3, 0.4) is 0 Å². The van der Waals surface area contributed by atoms with Gasteiger partial charge in [-0.25, -0.2) is 9.59 Å². The van der Waals surface area contributed by atoms with Crippen molar-refractivity contribution in [2.24, 2.45) is 11.8 Å². The Morgan fingerprint density at radius 1 is 0.768 bits per heavy atom. The Bertz CT molecular complexity index is 2580. The fraction of sp³-hybridized carbons (Fsp3) is 0.396. The first-order valence-corrected chi connectivity index (χ1v) is 24.4. The zero-order valence-corrected chi connectivity index (χ0v) is 39.5. The van der Waals surface area contributed by atoms with Crippen LogP contribution in [0.25, 0.3) is 0 Å². The minimum absolute atomic E-state index is 0.0182. The molecule has 1 N–H and O–H groups in total. The van der Waals surface area contributed by atoms with Crippen molar-refractivity contribution in [2.75, 3.05) is 32.8 Å². The summed E-state index contributed by atoms with van der Waals surface area (Å²) in [5.41, 5.74) is 3.70. The molecule has 1 saturated carbocycles. The number of alkyl halides is 2. The molecule has 5 heterocycles. The summed E-state index contributed by atoms with van der Waals surface area (Å²) in [6.07, 6.45) is 7.02. The van der Waals surface area contributed by atoms with E-state index in [1.54, 1.807) is 23.1 Å². The predicted octanol–water partition coefficient (Wildman–Crippen LogP) is 10.8. The standard InChI is InChI=1S/C53H54Cl2F2N4O8/c54-42-28-58-29-43(55)41(42)27-46(37-17-18-45(68-52(56)57)47(26-37)66-31-33-15-16-33)67-51(63)44-14-4-5-21-61(44)50(62)39-12-6-8-34(24-39)32-65-40-13-7-11-38(25-40)49(36-9-2-1-3-10-36)59-53(64)69-48-30-60-22-19-35(48)20-23-60/h1-3,6-13,17-18,24-26,28-29,33,35,44,46,48-49,52H,4-5,14-16,19-23,27,30-32H2,(H,59,64)/t44-,46-,48-,49-/m0/s1. The topological polar surface area (TPSA) is 129 Å². The second-order valence-corrected chi connectivity index (χ2v) is 19.0. The lowest BCUT2D eigenvalue weighted by Gasteiger charge is -2.43. The van der Waals surface area contributed by atoms with Crippen LogP contribution in [0.5, 0.6) is 17.2 Å². The molecule has 4 atom stereocenters. The maximum Gasteiger partial charge on any atom is 0.408 e. The third-order valence-corrected chi connectivity index (χ3v) is 14.0. The van der Waals surface area contributed by atoms with Crippen LogP contribution in [0.15, 0.2) is 109 Å². The summed E-state index contributed by atoms with van der Waals surface area (Å²) in [4.78, 5) is 50.1. The van der Waals surface area contributed by atoms with Crippen molar-refractivity contribution in [3.8, 4) is 17.2 Å². The van der Waals surface area contributed by atoms with Gasteiger partial charge in [-0.1, -0.05) is 83.9 Å². The molecule has 69 heavy (non-hydrogen) atoms. The van der Waals surface area contributed by atoms with Gasteiger partial charge in [-0.05, 0) is 134 Å². The Balaban J connectivity index is 0.890. The van der Waals surface area contributed by atoms with Crippen molar-refractivity contribution in [2.45, 2.75) is 88.9 Å². The number of hydrogen-bond acceptors (Lipinski definition) is 10. The van der Waals surface area contributed by atoms with Crippen LogP contribution in [0.1, 0.15) is 95.3 Å². The number of alkyl carbamates (subject to hydrolysis) is 1. The minimum atomic E-state index is -3.08. The first-order chi connectivity index (χ1) is 33.5. The van der Waals surface area contributed by atoms with Gasteiger partial charge in [0, 0.05) is 37.5 Å². The zero-order valence-electron chi connectivity index (χ0n) is 38.0. The molecule has 5 fully saturated rings. The van der Waals surface area contributed by atoms with E-state index in [2.05, 4.69) is 15.2 Å². The summed E-state index contributed by atoms with van der Waals surface area (Å²) in [7, 11) is 0. The molecule has 0 spiro atoms. The number of pyridine rings is 1. The highest BCUT2D eigenvalue weighted by Gasteiger charge is 2.38. The van der Waals surface area contributed by atoms with Crippen molar-refractivity contribution in [3.63, 3.8) is 0 Å². The number of nitrogens with one attached hydrogen (secondary N) is 1. The maximum atomic E-state index is 14.4. The summed E-state index contributed by atoms with van der Waals surface area (Å²) in [6, 6.07) is 27.4. The predicted molar refractivity (Wildman–Crippen MR) is 255 cm³/mol. The molecule has 362 valence electrons. The van der Waals surface area contributed by atoms with Crippen LogP contribution in [0, 0.1) is 11.8 Å². The summed E-state index contributed by atoms with van der Waals surface area (Å²) in [5.74, 6) is 0.219. The summed E-state index contributed by atoms with van der Waals surface area (Å²) < 4.78 is 56.2. The third kappa shape index (κ3) is 12.3. The Hall–Kier alpha value is -5.96. The van der Waals surface area contributed by atoms with Crippen LogP contribution in [0.2, 0.25) is 10.0 Å². The Labute approximate surface area is 410 Å². The normalized spacial score (nSPS) is 20.7. The van der Waals surface area contributed by atoms with Gasteiger partial charge in [0.1, 0.15) is 30.6 Å². The number of hydrogen-bond donors (Lipinski definition) is 1. The minimum Gasteiger partial charge on any atom is -0.489 e. The van der Waals surface area contributed by atoms with Crippen molar-refractivity contribution in [3.05, 3.63) is 153 Å². The molecule has 0 radical (unpaired) electrons. The number of rotatable bonds is 18. The van der Waals surface area contributed by atoms with Gasteiger partial charge in [0.2, 0.25) is 0 Å². The molecule has 5 aliphatic rings. The molecule has 5 aromatic rings. The lowest BCUT2D eigenvalue weighted by molar-refractivity contribution is -0.156. The third-order valence-electron chi connectivity index (χ3n) is 13.4. The fourth-order valence-corrected chi connectivity index (χ4v) is 9.98. The molecule has 10 rings (SSSR count). The monoisotopic (exact) mass is 982 g/mol. The first-order valence-electron chi connectivity index (χ1n) is 23.6. The summed E-state index contributed by atoms with van der Waals surface area (Å²) in [5, 5.41) is 3.62. The molecular weight excluding hydrogens is 930 g/mol. The lowest BCUT2D eigenvalue weighted by Crippen LogP contribution is -2.52. The van der Waals surface area contributed by atoms with Gasteiger partial charge in [-0.2, -0.15) is 8.78 Å². The smallest absolute Gasteiger partial charge is 0.408 e. The molecule has 4 aliphatic heterocycles. The van der Waals surface area contributed by atoms with Crippen molar-refractivity contribution >= 4 is 41.2 Å². The van der Waals surface area contributed by atoms with Crippen LogP contribution >= 0.6 is 23.2 Å². The van der Waals surface area contributed by atoms with E-state index in [1.165, 1.54) is 30.6 Å². The molecule has 2 bridgehead atoms. The number of fused-ring (bicyclic) bond motifs is 3. The Kier molecular flexibility index (Phi) is 15.5. The Morgan fingerprint density at radius 2 is 1.54 bits per heavy atom. The SMILES string of the molecule is O=C(N[C@@H](c1ccccc1)c1cccc(OCc2cccc(C(=O)N3CCCC[C@H]3C(=O)O[C@@H](Cc3c(Cl)cncc3Cl)c3ccc(OC(F)F)c(OCC4CC4)c3)c2)c1)O[C@H]1CN2CCC1CC2. The second kappa shape index (κ2) is 22.2. The van der Waals surface area contributed by atoms with Gasteiger partial charge in [-0.3, -0.25) is 14.7 Å². The Morgan fingerprint density at radius 3 is 2.28 bits per heavy atom. The number of ether oxygens (including phenoxy) is 5. The molecular formula is C53H54Cl2F2N4O8. The van der Waals surface area contributed by atoms with E-state index in [0.29, 0.717) is 66.7 Å². The average Bonchev–Trinajstić information content (AvgIpc) is 4.21. The van der Waals surface area contributed by atoms with E-state index in [4.69, 9.17) is 46.9 Å². The number of likely N-dealkylation sites (tertiary alicyclic amines) is 1. The highest BCUT2D eigenvalue weighted by Crippen LogP contribution is 2.39. The van der Waals surface area contributed by atoms with Gasteiger partial charge in [0.15, 0.2) is 11.5 Å². The zero-order chi connectivity index (χ0) is 47.9. The second-order valence-electron chi connectivity index (χ2n) is 18.2. The number of carbonyl (C=O) groups excluding carboxylic acids is 3. The van der Waals surface area contributed by atoms with E-state index in [1.807, 2.05) is 60.7 Å². The van der Waals surface area contributed by atoms with Crippen molar-refractivity contribution in [1.29, 1.82) is 0 Å². The first kappa shape index (κ1) is 48.1. The molecule has 2 amide bonds. The van der Waals surface area contributed by atoms with E-state index in [-0.39, 0.29) is 46.6 Å². The van der Waals surface area contributed by atoms with Crippen LogP contribution in [-0.4, -0.2) is 84.3 Å². The number of amides is 2. The highest BCUT2D eigenvalue weighted by atomic mass is 35.5. The van der Waals surface area contributed by atoms with Gasteiger partial charge in [-0.15, -0.1) is 0 Å². The maximum absolute atomic E-state index is 14.4. The molecule has 16 heteroatoms. The number of esters is 1. The van der Waals surface area contributed by atoms with E-state index >= 15 is 0 Å². The van der Waals surface area contributed by atoms with Gasteiger partial charge >= 0.3 is 18.7 Å². The molecule has 4 saturated heterocycles. The molecule has 1 aliphatic carbocycles. The van der Waals surface area contributed by atoms with Crippen molar-refractivity contribution in [1.82, 2.24) is 20.1 Å². The molecule has 0 unspecified atom stereocenters. The molecule has 12 nitrogen and oxygen atoms in total. The number of nitrogens with zero attached hydrogens (tertiary/aromatic N) is 3. The lowest BCUT2D eigenvalue weighted by atomic mass is 9.86. The van der Waals surface area contributed by atoms with Gasteiger partial charge in [0.05, 0.1) is 22.7 Å². The van der Waals surface area contributed by atoms with Crippen molar-refractivity contribution < 1.29 is 46.8 Å². The highest BCUT2D eigenvalue weighted by molar-refractivity contribution is 6.35. The number of carbonyl (C=O) groups is 3. The number of piperidine rings is 4. The quantitative estimate of drug-likeness (QED) is 0.0848. The molecule has 1 aromatic heterocycles. The summed E-state index contributed by atoms with van der Waals surface area (Å²) in [6.45, 7) is 0.553. The fourth-order valence-electron chi connectivity index (χ4n) is 9.46. The van der Waals surface area contributed by atoms with E-state index in [0.717, 1.165) is 62.0 Å². The largest absolute Gasteiger partial charge is 0.489 e. The average molecular weight is 984 g/mol. The van der Waals surface area contributed by atoms with E-state index in [9.17, 15) is 23.2 Å². The summed E-state index contributed by atoms with van der Waals surface area (Å²) >= 11 is 13.1. The number of aromatic nitrogens is 1. The van der Waals surface area contributed by atoms with Crippen LogP contribution in [0.4, 0.5) is 13.6 Å². The molecule has 4 aromatic carbocycles. The van der Waals surface area contributed by atoms with Gasteiger partial charge < -0.3 is 33.9 Å². The van der Waals surface area contributed by atoms with E-state index < -0.39 is 36.9 Å². The van der Waals surface area contributed by atoms with Gasteiger partial charge in [0.25, 0.3) is 5.91 Å². The number of benzene rings is 4. The van der Waals surface area contributed by atoms with Crippen LogP contribution in [-0.2, 0) is 27.3 Å². The van der Waals surface area contributed by atoms with Crippen LogP contribution < -0.4 is 19.5 Å². The number of halogens is 4.